The summed E-state index contributed by atoms with van der Waals surface area (Å²) in [6, 6.07) is 27.1. The van der Waals surface area contributed by atoms with Crippen LogP contribution in [0.4, 0.5) is 0 Å². The van der Waals surface area contributed by atoms with Crippen LogP contribution in [-0.2, 0) is 28.4 Å². The van der Waals surface area contributed by atoms with Gasteiger partial charge in [0.1, 0.15) is 0 Å². The molecular formula is C40H45Cl2SiZr. The average molecular weight is 716 g/mol. The van der Waals surface area contributed by atoms with E-state index in [4.69, 9.17) is 17.0 Å². The van der Waals surface area contributed by atoms with E-state index in [2.05, 4.69) is 140 Å². The molecule has 4 aromatic carbocycles. The molecule has 4 aromatic rings. The number of aryl methyl sites for hydroxylation is 4. The van der Waals surface area contributed by atoms with Gasteiger partial charge in [-0.2, -0.15) is 0 Å². The Kier molecular flexibility index (Phi) is 8.50. The van der Waals surface area contributed by atoms with Crippen molar-refractivity contribution in [2.45, 2.75) is 74.7 Å². The fraction of sp³-hybridized carbons (Fsp3) is 0.300. The van der Waals surface area contributed by atoms with Crippen LogP contribution in [0.15, 0.2) is 83.9 Å². The van der Waals surface area contributed by atoms with Crippen molar-refractivity contribution < 1.29 is 15.6 Å². The van der Waals surface area contributed by atoms with Gasteiger partial charge in [-0.3, -0.25) is 0 Å². The van der Waals surface area contributed by atoms with Gasteiger partial charge in [-0.1, -0.05) is 0 Å². The van der Waals surface area contributed by atoms with E-state index in [1.54, 1.807) is 0 Å². The predicted octanol–water partition coefficient (Wildman–Crippen LogP) is 12.4. The number of fused-ring (bicyclic) bond motifs is 2. The molecule has 0 N–H and O–H groups in total. The summed E-state index contributed by atoms with van der Waals surface area (Å²) in [5, 5.41) is 0. The van der Waals surface area contributed by atoms with Crippen LogP contribution < -0.4 is 0 Å². The SMILES string of the molecule is CCc1ccccc1-c1c(C)ccc2c1C=C(C)[CH]2[Zr]([Cl])([Cl])([CH]1C(C)=Cc2c1ccc(C)c2-c1ccccc1CC)[SiH](C)C. The van der Waals surface area contributed by atoms with Gasteiger partial charge < -0.3 is 0 Å². The van der Waals surface area contributed by atoms with Crippen molar-refractivity contribution in [3.63, 3.8) is 0 Å². The summed E-state index contributed by atoms with van der Waals surface area (Å²) >= 11 is -4.74. The topological polar surface area (TPSA) is 0 Å². The second-order valence-corrected chi connectivity index (χ2v) is 56.1. The van der Waals surface area contributed by atoms with Crippen LogP contribution in [0.5, 0.6) is 0 Å². The molecule has 0 spiro atoms. The molecule has 0 fully saturated rings. The van der Waals surface area contributed by atoms with Gasteiger partial charge in [0, 0.05) is 0 Å². The third kappa shape index (κ3) is 4.69. The molecule has 0 bridgehead atoms. The van der Waals surface area contributed by atoms with Crippen molar-refractivity contribution in [3.8, 4) is 22.3 Å². The van der Waals surface area contributed by atoms with Gasteiger partial charge in [0.05, 0.1) is 0 Å². The zero-order valence-electron chi connectivity index (χ0n) is 27.5. The van der Waals surface area contributed by atoms with Crippen molar-refractivity contribution in [2.75, 3.05) is 0 Å². The average Bonchev–Trinajstić information content (AvgIpc) is 3.53. The Morgan fingerprint density at radius 2 is 0.977 bits per heavy atom. The molecule has 0 saturated heterocycles. The second kappa shape index (κ2) is 11.7. The van der Waals surface area contributed by atoms with Crippen LogP contribution in [0.25, 0.3) is 34.4 Å². The molecule has 2 atom stereocenters. The molecule has 44 heavy (non-hydrogen) atoms. The summed E-state index contributed by atoms with van der Waals surface area (Å²) in [5.74, 6) is -1.59. The van der Waals surface area contributed by atoms with Gasteiger partial charge in [0.15, 0.2) is 0 Å². The Morgan fingerprint density at radius 1 is 0.591 bits per heavy atom. The Balaban J connectivity index is 1.59. The van der Waals surface area contributed by atoms with Crippen molar-refractivity contribution in [3.05, 3.63) is 128 Å². The van der Waals surface area contributed by atoms with E-state index in [0.29, 0.717) is 0 Å². The van der Waals surface area contributed by atoms with Crippen molar-refractivity contribution in [1.29, 1.82) is 0 Å². The van der Waals surface area contributed by atoms with Crippen molar-refractivity contribution >= 4 is 35.1 Å². The van der Waals surface area contributed by atoms with E-state index in [9.17, 15) is 0 Å². The standard InChI is InChI=1S/2C19H19.C2H7Si.2ClH.Zr/c2*1-4-15-7-5-6-8-17(15)19-14(3)9-10-16-11-13(2)12-18(16)19;1-3-2;;;/h2*5-12H,4H2,1-3H3;3H,1-2H3;2*1H;/q;;;;;+2/p-2. The van der Waals surface area contributed by atoms with Crippen molar-refractivity contribution in [2.24, 2.45) is 0 Å². The van der Waals surface area contributed by atoms with Crippen LogP contribution in [0.1, 0.15) is 79.5 Å². The fourth-order valence-corrected chi connectivity index (χ4v) is 41.5. The number of allylic oxidation sites excluding steroid dienone is 2. The molecule has 4 heteroatoms. The van der Waals surface area contributed by atoms with Crippen LogP contribution in [0.2, 0.25) is 13.1 Å². The van der Waals surface area contributed by atoms with E-state index in [-0.39, 0.29) is 7.25 Å². The van der Waals surface area contributed by atoms with Crippen LogP contribution >= 0.6 is 17.0 Å². The Hall–Kier alpha value is -1.96. The van der Waals surface area contributed by atoms with E-state index in [1.165, 1.54) is 77.9 Å². The Bertz CT molecular complexity index is 1730. The zero-order chi connectivity index (χ0) is 31.6. The quantitative estimate of drug-likeness (QED) is 0.167. The van der Waals surface area contributed by atoms with Gasteiger partial charge in [0.25, 0.3) is 0 Å². The van der Waals surface area contributed by atoms with Gasteiger partial charge in [-0.25, -0.2) is 0 Å². The molecule has 0 heterocycles. The van der Waals surface area contributed by atoms with Crippen LogP contribution in [-0.4, -0.2) is 5.92 Å². The molecular weight excluding hydrogens is 671 g/mol. The molecule has 2 unspecified atom stereocenters. The maximum atomic E-state index is 8.54. The van der Waals surface area contributed by atoms with Crippen molar-refractivity contribution in [1.82, 2.24) is 0 Å². The first-order valence-electron chi connectivity index (χ1n) is 16.3. The molecule has 227 valence electrons. The number of rotatable bonds is 7. The Labute approximate surface area is 274 Å². The number of hydrogen-bond donors (Lipinski definition) is 0. The summed E-state index contributed by atoms with van der Waals surface area (Å²) in [5.41, 5.74) is 18.9. The van der Waals surface area contributed by atoms with Gasteiger partial charge in [-0.15, -0.1) is 0 Å². The maximum absolute atomic E-state index is 8.54. The number of halogens is 2. The second-order valence-electron chi connectivity index (χ2n) is 13.6. The minimum atomic E-state index is -4.74. The monoisotopic (exact) mass is 713 g/mol. The molecule has 0 saturated carbocycles. The molecule has 2 aliphatic carbocycles. The first kappa shape index (κ1) is 32.0. The van der Waals surface area contributed by atoms with Gasteiger partial charge in [0.2, 0.25) is 0 Å². The summed E-state index contributed by atoms with van der Waals surface area (Å²) in [6.07, 6.45) is 6.89. The van der Waals surface area contributed by atoms with Crippen LogP contribution in [0.3, 0.4) is 0 Å². The van der Waals surface area contributed by atoms with Gasteiger partial charge in [-0.05, 0) is 0 Å². The summed E-state index contributed by atoms with van der Waals surface area (Å²) in [6.45, 7) is 18.5. The van der Waals surface area contributed by atoms with E-state index < -0.39 is 21.5 Å². The predicted molar refractivity (Wildman–Crippen MR) is 195 cm³/mol. The molecule has 0 aromatic heterocycles. The number of benzene rings is 4. The molecule has 0 nitrogen and oxygen atoms in total. The molecule has 2 aliphatic rings. The summed E-state index contributed by atoms with van der Waals surface area (Å²) in [4.78, 5) is 0. The van der Waals surface area contributed by atoms with E-state index in [0.717, 1.165) is 12.8 Å². The first-order chi connectivity index (χ1) is 20.9. The number of hydrogen-bond acceptors (Lipinski definition) is 0. The molecule has 0 radical (unpaired) electrons. The summed E-state index contributed by atoms with van der Waals surface area (Å²) < 4.78 is 0.197. The first-order valence-corrected chi connectivity index (χ1v) is 32.6. The van der Waals surface area contributed by atoms with E-state index >= 15 is 0 Å². The molecule has 0 aliphatic heterocycles. The zero-order valence-corrected chi connectivity index (χ0v) is 32.6. The van der Waals surface area contributed by atoms with Gasteiger partial charge >= 0.3 is 276 Å². The minimum absolute atomic E-state index is 0.0987. The molecule has 6 rings (SSSR count). The normalized spacial score (nSPS) is 18.5. The molecule has 0 amide bonds. The fourth-order valence-electron chi connectivity index (χ4n) is 8.57. The van der Waals surface area contributed by atoms with Crippen LogP contribution in [0, 0.1) is 13.8 Å². The van der Waals surface area contributed by atoms with E-state index in [1.807, 2.05) is 0 Å². The summed E-state index contributed by atoms with van der Waals surface area (Å²) in [7, 11) is 17.1. The third-order valence-corrected chi connectivity index (χ3v) is 63.1. The third-order valence-electron chi connectivity index (χ3n) is 10.8. The Morgan fingerprint density at radius 3 is 1.34 bits per heavy atom.